The van der Waals surface area contributed by atoms with Gasteiger partial charge in [0, 0.05) is 34.7 Å². The maximum absolute atomic E-state index is 13.0. The maximum Gasteiger partial charge on any atom is 0.243 e. The molecule has 3 heterocycles. The van der Waals surface area contributed by atoms with Gasteiger partial charge in [0.05, 0.1) is 23.9 Å². The van der Waals surface area contributed by atoms with Gasteiger partial charge in [0.1, 0.15) is 5.52 Å². The third kappa shape index (κ3) is 4.84. The summed E-state index contributed by atoms with van der Waals surface area (Å²) in [5.41, 5.74) is 3.06. The molecule has 2 N–H and O–H groups in total. The number of nitrogens with zero attached hydrogens (tertiary/aromatic N) is 4. The highest BCUT2D eigenvalue weighted by Gasteiger charge is 2.27. The van der Waals surface area contributed by atoms with Crippen LogP contribution in [0.2, 0.25) is 5.02 Å². The number of amides is 1. The van der Waals surface area contributed by atoms with Crippen LogP contribution in [0.1, 0.15) is 5.56 Å². The van der Waals surface area contributed by atoms with E-state index in [1.54, 1.807) is 36.4 Å². The fourth-order valence-electron chi connectivity index (χ4n) is 3.75. The van der Waals surface area contributed by atoms with Crippen molar-refractivity contribution in [1.82, 2.24) is 24.5 Å². The molecule has 1 saturated heterocycles. The number of nitrogens with one attached hydrogen (secondary N) is 2. The van der Waals surface area contributed by atoms with Gasteiger partial charge in [0.25, 0.3) is 0 Å². The molecule has 5 rings (SSSR count). The average molecular weight is 533 g/mol. The number of halogens is 1. The number of hydrogen-bond donors (Lipinski definition) is 2. The van der Waals surface area contributed by atoms with E-state index < -0.39 is 10.0 Å². The van der Waals surface area contributed by atoms with Crippen LogP contribution < -0.4 is 5.32 Å². The summed E-state index contributed by atoms with van der Waals surface area (Å²) >= 11 is 7.25. The summed E-state index contributed by atoms with van der Waals surface area (Å²) in [6.45, 7) is 3.23. The zero-order chi connectivity index (χ0) is 24.6. The topological polar surface area (TPSA) is 130 Å². The second-order valence-corrected chi connectivity index (χ2v) is 11.2. The van der Waals surface area contributed by atoms with Crippen molar-refractivity contribution in [2.45, 2.75) is 17.0 Å². The average Bonchev–Trinajstić information content (AvgIpc) is 3.23. The Morgan fingerprint density at radius 1 is 1.23 bits per heavy atom. The summed E-state index contributed by atoms with van der Waals surface area (Å²) in [5, 5.41) is 12.7. The van der Waals surface area contributed by atoms with Crippen molar-refractivity contribution in [2.75, 3.05) is 37.4 Å². The number of rotatable bonds is 6. The molecule has 0 radical (unpaired) electrons. The molecule has 0 aliphatic carbocycles. The van der Waals surface area contributed by atoms with E-state index in [2.05, 4.69) is 25.5 Å². The monoisotopic (exact) mass is 532 g/mol. The normalized spacial score (nSPS) is 15.0. The molecule has 0 bridgehead atoms. The van der Waals surface area contributed by atoms with Crippen LogP contribution in [-0.4, -0.2) is 70.9 Å². The first-order valence-corrected chi connectivity index (χ1v) is 13.5. The Morgan fingerprint density at radius 3 is 2.83 bits per heavy atom. The Bertz CT molecular complexity index is 1540. The van der Waals surface area contributed by atoms with Crippen molar-refractivity contribution in [2.24, 2.45) is 0 Å². The summed E-state index contributed by atoms with van der Waals surface area (Å²) < 4.78 is 32.7. The zero-order valence-corrected chi connectivity index (χ0v) is 21.0. The number of aromatic nitrogens is 4. The lowest BCUT2D eigenvalue weighted by Gasteiger charge is -2.26. The van der Waals surface area contributed by atoms with E-state index in [1.165, 1.54) is 4.31 Å². The van der Waals surface area contributed by atoms with Crippen LogP contribution >= 0.6 is 23.4 Å². The summed E-state index contributed by atoms with van der Waals surface area (Å²) in [4.78, 5) is 20.2. The van der Waals surface area contributed by atoms with Crippen molar-refractivity contribution < 1.29 is 17.9 Å². The number of carbonyl (C=O) groups excluding carboxylic acids is 1. The molecule has 13 heteroatoms. The van der Waals surface area contributed by atoms with E-state index in [0.717, 1.165) is 17.3 Å². The van der Waals surface area contributed by atoms with Gasteiger partial charge in [-0.2, -0.15) is 4.31 Å². The van der Waals surface area contributed by atoms with E-state index in [1.807, 2.05) is 6.92 Å². The first-order chi connectivity index (χ1) is 16.8. The molecule has 10 nitrogen and oxygen atoms in total. The second kappa shape index (κ2) is 9.70. The second-order valence-electron chi connectivity index (χ2n) is 7.89. The fourth-order valence-corrected chi connectivity index (χ4v) is 5.95. The summed E-state index contributed by atoms with van der Waals surface area (Å²) in [5.74, 6) is -0.139. The smallest absolute Gasteiger partial charge is 0.243 e. The number of sulfonamides is 1. The molecule has 182 valence electrons. The molecule has 4 aromatic rings. The van der Waals surface area contributed by atoms with Gasteiger partial charge in [-0.05, 0) is 42.8 Å². The number of morpholine rings is 1. The molecule has 0 saturated carbocycles. The lowest BCUT2D eigenvalue weighted by atomic mass is 10.2. The van der Waals surface area contributed by atoms with Crippen LogP contribution in [0.5, 0.6) is 0 Å². The first kappa shape index (κ1) is 23.9. The molecule has 0 atom stereocenters. The Hall–Kier alpha value is -2.77. The number of benzene rings is 2. The number of hydrogen-bond acceptors (Lipinski definition) is 8. The van der Waals surface area contributed by atoms with Crippen molar-refractivity contribution in [3.63, 3.8) is 0 Å². The fraction of sp³-hybridized carbons (Fsp3) is 0.273. The molecule has 1 fully saturated rings. The summed E-state index contributed by atoms with van der Waals surface area (Å²) in [7, 11) is -3.64. The predicted octanol–water partition coefficient (Wildman–Crippen LogP) is 3.22. The number of fused-ring (bicyclic) bond motifs is 3. The van der Waals surface area contributed by atoms with Gasteiger partial charge in [-0.25, -0.2) is 13.4 Å². The molecule has 35 heavy (non-hydrogen) atoms. The largest absolute Gasteiger partial charge is 0.379 e. The standard InChI is InChI=1S/C22H21ClN6O4S2/c1-13-16(23)3-2-4-17(13)24-19(30)12-34-22-26-21-20(27-28-22)15-11-14(5-6-18(15)25-21)35(31,32)29-7-9-33-10-8-29/h2-6,11H,7-10,12H2,1H3,(H,24,30)(H,25,26,28). The quantitative estimate of drug-likeness (QED) is 0.362. The molecule has 1 aliphatic rings. The molecular weight excluding hydrogens is 512 g/mol. The maximum atomic E-state index is 13.0. The van der Waals surface area contributed by atoms with Crippen LogP contribution in [0.4, 0.5) is 5.69 Å². The van der Waals surface area contributed by atoms with Crippen LogP contribution in [-0.2, 0) is 19.6 Å². The molecule has 2 aromatic heterocycles. The van der Waals surface area contributed by atoms with E-state index in [4.69, 9.17) is 16.3 Å². The number of thioether (sulfide) groups is 1. The summed E-state index contributed by atoms with van der Waals surface area (Å²) in [6, 6.07) is 10.2. The summed E-state index contributed by atoms with van der Waals surface area (Å²) in [6.07, 6.45) is 0. The van der Waals surface area contributed by atoms with E-state index in [9.17, 15) is 13.2 Å². The predicted molar refractivity (Wildman–Crippen MR) is 134 cm³/mol. The van der Waals surface area contributed by atoms with Crippen molar-refractivity contribution in [3.05, 3.63) is 47.0 Å². The molecule has 0 unspecified atom stereocenters. The molecule has 1 aliphatic heterocycles. The SMILES string of the molecule is Cc1c(Cl)cccc1NC(=O)CSc1nnc2c(n1)[nH]c1ccc(S(=O)(=O)N3CCOCC3)cc12. The Balaban J connectivity index is 1.34. The van der Waals surface area contributed by atoms with Crippen molar-refractivity contribution >= 4 is 67.0 Å². The van der Waals surface area contributed by atoms with E-state index in [0.29, 0.717) is 64.2 Å². The Labute approximate surface area is 210 Å². The van der Waals surface area contributed by atoms with Gasteiger partial charge >= 0.3 is 0 Å². The van der Waals surface area contributed by atoms with Gasteiger partial charge in [-0.3, -0.25) is 4.79 Å². The number of carbonyl (C=O) groups is 1. The zero-order valence-electron chi connectivity index (χ0n) is 18.6. The molecular formula is C22H21ClN6O4S2. The van der Waals surface area contributed by atoms with Crippen LogP contribution in [0.3, 0.4) is 0 Å². The molecule has 2 aromatic carbocycles. The van der Waals surface area contributed by atoms with Crippen molar-refractivity contribution in [1.29, 1.82) is 0 Å². The van der Waals surface area contributed by atoms with E-state index in [-0.39, 0.29) is 16.6 Å². The van der Waals surface area contributed by atoms with Gasteiger partial charge < -0.3 is 15.0 Å². The molecule has 0 spiro atoms. The Kier molecular flexibility index (Phi) is 6.64. The minimum absolute atomic E-state index is 0.0846. The third-order valence-electron chi connectivity index (χ3n) is 5.65. The number of anilines is 1. The van der Waals surface area contributed by atoms with Gasteiger partial charge in [-0.1, -0.05) is 29.4 Å². The van der Waals surface area contributed by atoms with Crippen molar-refractivity contribution in [3.8, 4) is 0 Å². The lowest BCUT2D eigenvalue weighted by molar-refractivity contribution is -0.113. The van der Waals surface area contributed by atoms with E-state index >= 15 is 0 Å². The third-order valence-corrected chi connectivity index (χ3v) is 8.79. The highest BCUT2D eigenvalue weighted by Crippen LogP contribution is 2.28. The minimum Gasteiger partial charge on any atom is -0.379 e. The highest BCUT2D eigenvalue weighted by molar-refractivity contribution is 7.99. The van der Waals surface area contributed by atoms with Gasteiger partial charge in [0.15, 0.2) is 5.65 Å². The number of H-pyrrole nitrogens is 1. The number of ether oxygens (including phenoxy) is 1. The van der Waals surface area contributed by atoms with Crippen LogP contribution in [0.25, 0.3) is 22.1 Å². The van der Waals surface area contributed by atoms with Crippen LogP contribution in [0.15, 0.2) is 46.5 Å². The highest BCUT2D eigenvalue weighted by atomic mass is 35.5. The van der Waals surface area contributed by atoms with Crippen LogP contribution in [0, 0.1) is 6.92 Å². The molecule has 1 amide bonds. The lowest BCUT2D eigenvalue weighted by Crippen LogP contribution is -2.40. The van der Waals surface area contributed by atoms with Gasteiger partial charge in [0.2, 0.25) is 21.1 Å². The Morgan fingerprint density at radius 2 is 2.03 bits per heavy atom. The van der Waals surface area contributed by atoms with Gasteiger partial charge in [-0.15, -0.1) is 10.2 Å². The first-order valence-electron chi connectivity index (χ1n) is 10.7. The number of aromatic amines is 1. The minimum atomic E-state index is -3.64.